The minimum atomic E-state index is 0. The van der Waals surface area contributed by atoms with Gasteiger partial charge >= 0.3 is 0 Å². The van der Waals surface area contributed by atoms with Crippen molar-refractivity contribution in [2.75, 3.05) is 60.1 Å². The summed E-state index contributed by atoms with van der Waals surface area (Å²) in [6.45, 7) is 6.71. The predicted molar refractivity (Wildman–Crippen MR) is 103 cm³/mol. The molecule has 1 N–H and O–H groups in total. The van der Waals surface area contributed by atoms with Crippen molar-refractivity contribution >= 4 is 29.9 Å². The van der Waals surface area contributed by atoms with Gasteiger partial charge in [0.25, 0.3) is 0 Å². The first-order valence-electron chi connectivity index (χ1n) is 8.60. The van der Waals surface area contributed by atoms with Crippen LogP contribution in [0.4, 0.5) is 0 Å². The fraction of sp³-hybridized carbons (Fsp3) is 0.938. The number of hydrogen-bond acceptors (Lipinski definition) is 4. The Morgan fingerprint density at radius 2 is 2.09 bits per heavy atom. The second kappa shape index (κ2) is 9.39. The summed E-state index contributed by atoms with van der Waals surface area (Å²) < 4.78 is 10.9. The molecule has 3 rings (SSSR count). The molecule has 23 heavy (non-hydrogen) atoms. The molecule has 3 fully saturated rings. The zero-order valence-electron chi connectivity index (χ0n) is 14.4. The quantitative estimate of drug-likeness (QED) is 0.395. The fourth-order valence-electron chi connectivity index (χ4n) is 3.57. The molecule has 3 aliphatic rings. The van der Waals surface area contributed by atoms with Gasteiger partial charge in [0.1, 0.15) is 0 Å². The molecule has 2 unspecified atom stereocenters. The highest BCUT2D eigenvalue weighted by atomic mass is 127. The van der Waals surface area contributed by atoms with E-state index in [9.17, 15) is 0 Å². The Bertz CT molecular complexity index is 390. The van der Waals surface area contributed by atoms with Crippen LogP contribution in [0.25, 0.3) is 0 Å². The maximum Gasteiger partial charge on any atom is 0.193 e. The lowest BCUT2D eigenvalue weighted by atomic mass is 10.1. The molecule has 0 amide bonds. The molecule has 7 heteroatoms. The third-order valence-corrected chi connectivity index (χ3v) is 4.93. The Labute approximate surface area is 157 Å². The lowest BCUT2D eigenvalue weighted by Gasteiger charge is -2.35. The Morgan fingerprint density at radius 3 is 2.78 bits per heavy atom. The summed E-state index contributed by atoms with van der Waals surface area (Å²) in [5, 5.41) is 3.58. The van der Waals surface area contributed by atoms with Gasteiger partial charge in [-0.2, -0.15) is 0 Å². The molecule has 0 bridgehead atoms. The maximum absolute atomic E-state index is 5.71. The SMILES string of the molecule is CN=C(NCC1CCN(C2CC2)C1)N1CCOC(COC)C1.I. The van der Waals surface area contributed by atoms with Gasteiger partial charge in [-0.3, -0.25) is 4.99 Å². The highest BCUT2D eigenvalue weighted by molar-refractivity contribution is 14.0. The van der Waals surface area contributed by atoms with Crippen LogP contribution >= 0.6 is 24.0 Å². The Hall–Kier alpha value is -0.120. The standard InChI is InChI=1S/C16H30N4O2.HI/c1-17-16(20-7-8-22-15(11-20)12-21-2)18-9-13-5-6-19(10-13)14-3-4-14;/h13-15H,3-12H2,1-2H3,(H,17,18);1H. The number of guanidine groups is 1. The first-order valence-corrected chi connectivity index (χ1v) is 8.60. The van der Waals surface area contributed by atoms with E-state index in [1.54, 1.807) is 7.11 Å². The van der Waals surface area contributed by atoms with Crippen LogP contribution in [0.5, 0.6) is 0 Å². The lowest BCUT2D eigenvalue weighted by molar-refractivity contribution is -0.0447. The van der Waals surface area contributed by atoms with Gasteiger partial charge in [0, 0.05) is 46.4 Å². The molecule has 2 atom stereocenters. The van der Waals surface area contributed by atoms with Crippen LogP contribution in [0.15, 0.2) is 4.99 Å². The fourth-order valence-corrected chi connectivity index (χ4v) is 3.57. The van der Waals surface area contributed by atoms with Crippen LogP contribution in [0.3, 0.4) is 0 Å². The third kappa shape index (κ3) is 5.44. The predicted octanol–water partition coefficient (Wildman–Crippen LogP) is 1.01. The van der Waals surface area contributed by atoms with Gasteiger partial charge in [0.15, 0.2) is 5.96 Å². The van der Waals surface area contributed by atoms with Gasteiger partial charge < -0.3 is 24.6 Å². The monoisotopic (exact) mass is 438 g/mol. The molecule has 2 saturated heterocycles. The van der Waals surface area contributed by atoms with E-state index in [4.69, 9.17) is 9.47 Å². The summed E-state index contributed by atoms with van der Waals surface area (Å²) in [7, 11) is 3.59. The summed E-state index contributed by atoms with van der Waals surface area (Å²) >= 11 is 0. The highest BCUT2D eigenvalue weighted by Crippen LogP contribution is 2.31. The van der Waals surface area contributed by atoms with Gasteiger partial charge in [-0.05, 0) is 31.7 Å². The number of morpholine rings is 1. The van der Waals surface area contributed by atoms with Crippen molar-refractivity contribution in [3.63, 3.8) is 0 Å². The molecular weight excluding hydrogens is 407 g/mol. The van der Waals surface area contributed by atoms with Crippen LogP contribution in [-0.2, 0) is 9.47 Å². The molecule has 0 aromatic rings. The van der Waals surface area contributed by atoms with Crippen molar-refractivity contribution in [1.29, 1.82) is 0 Å². The van der Waals surface area contributed by atoms with Crippen LogP contribution in [0.2, 0.25) is 0 Å². The van der Waals surface area contributed by atoms with Crippen LogP contribution in [-0.4, -0.2) is 88.0 Å². The molecule has 0 aromatic heterocycles. The first-order chi connectivity index (χ1) is 10.8. The van der Waals surface area contributed by atoms with Crippen molar-refractivity contribution in [2.45, 2.75) is 31.4 Å². The number of ether oxygens (including phenoxy) is 2. The minimum Gasteiger partial charge on any atom is -0.382 e. The Morgan fingerprint density at radius 1 is 1.26 bits per heavy atom. The lowest BCUT2D eigenvalue weighted by Crippen LogP contribution is -2.52. The second-order valence-corrected chi connectivity index (χ2v) is 6.70. The minimum absolute atomic E-state index is 0. The maximum atomic E-state index is 5.71. The summed E-state index contributed by atoms with van der Waals surface area (Å²) in [4.78, 5) is 9.41. The molecular formula is C16H31IN4O2. The van der Waals surface area contributed by atoms with Crippen molar-refractivity contribution in [1.82, 2.24) is 15.1 Å². The highest BCUT2D eigenvalue weighted by Gasteiger charge is 2.34. The van der Waals surface area contributed by atoms with Crippen LogP contribution in [0.1, 0.15) is 19.3 Å². The average Bonchev–Trinajstić information content (AvgIpc) is 3.28. The molecule has 2 heterocycles. The topological polar surface area (TPSA) is 49.3 Å². The molecule has 1 saturated carbocycles. The summed E-state index contributed by atoms with van der Waals surface area (Å²) in [6, 6.07) is 0.901. The Kier molecular flexibility index (Phi) is 7.84. The molecule has 0 aromatic carbocycles. The molecule has 0 spiro atoms. The molecule has 0 radical (unpaired) electrons. The smallest absolute Gasteiger partial charge is 0.193 e. The average molecular weight is 438 g/mol. The number of likely N-dealkylation sites (tertiary alicyclic amines) is 1. The molecule has 6 nitrogen and oxygen atoms in total. The van der Waals surface area contributed by atoms with E-state index < -0.39 is 0 Å². The van der Waals surface area contributed by atoms with Gasteiger partial charge in [-0.15, -0.1) is 24.0 Å². The Balaban J connectivity index is 0.00000192. The van der Waals surface area contributed by atoms with E-state index in [0.29, 0.717) is 6.61 Å². The summed E-state index contributed by atoms with van der Waals surface area (Å²) in [5.74, 6) is 1.77. The molecule has 1 aliphatic carbocycles. The first kappa shape index (κ1) is 19.2. The van der Waals surface area contributed by atoms with Gasteiger partial charge in [0.2, 0.25) is 0 Å². The number of hydrogen-bond donors (Lipinski definition) is 1. The van der Waals surface area contributed by atoms with Crippen molar-refractivity contribution in [2.24, 2.45) is 10.9 Å². The van der Waals surface area contributed by atoms with Crippen LogP contribution < -0.4 is 5.32 Å². The van der Waals surface area contributed by atoms with E-state index in [1.807, 2.05) is 7.05 Å². The second-order valence-electron chi connectivity index (χ2n) is 6.70. The van der Waals surface area contributed by atoms with E-state index in [2.05, 4.69) is 20.1 Å². The normalized spacial score (nSPS) is 29.5. The van der Waals surface area contributed by atoms with E-state index in [1.165, 1.54) is 32.4 Å². The number of rotatable bonds is 5. The van der Waals surface area contributed by atoms with Crippen LogP contribution in [0, 0.1) is 5.92 Å². The summed E-state index contributed by atoms with van der Waals surface area (Å²) in [6.07, 6.45) is 4.29. The number of methoxy groups -OCH3 is 1. The van der Waals surface area contributed by atoms with E-state index in [-0.39, 0.29) is 30.1 Å². The number of nitrogens with zero attached hydrogens (tertiary/aromatic N) is 3. The zero-order chi connectivity index (χ0) is 15.4. The van der Waals surface area contributed by atoms with Crippen molar-refractivity contribution in [3.05, 3.63) is 0 Å². The number of aliphatic imine (C=N–C) groups is 1. The van der Waals surface area contributed by atoms with E-state index >= 15 is 0 Å². The summed E-state index contributed by atoms with van der Waals surface area (Å²) in [5.41, 5.74) is 0. The largest absolute Gasteiger partial charge is 0.382 e. The van der Waals surface area contributed by atoms with Gasteiger partial charge in [-0.25, -0.2) is 0 Å². The van der Waals surface area contributed by atoms with Crippen molar-refractivity contribution in [3.8, 4) is 0 Å². The molecule has 2 aliphatic heterocycles. The third-order valence-electron chi connectivity index (χ3n) is 4.93. The van der Waals surface area contributed by atoms with Gasteiger partial charge in [0.05, 0.1) is 19.3 Å². The van der Waals surface area contributed by atoms with E-state index in [0.717, 1.165) is 44.2 Å². The zero-order valence-corrected chi connectivity index (χ0v) is 16.7. The molecule has 134 valence electrons. The van der Waals surface area contributed by atoms with Crippen molar-refractivity contribution < 1.29 is 9.47 Å². The van der Waals surface area contributed by atoms with Gasteiger partial charge in [-0.1, -0.05) is 0 Å². The number of nitrogens with one attached hydrogen (secondary N) is 1. The number of halogens is 1.